The smallest absolute Gasteiger partial charge is 0.0553 e. The Morgan fingerprint density at radius 2 is 1.11 bits per heavy atom. The second kappa shape index (κ2) is 17.1. The molecule has 0 fully saturated rings. The van der Waals surface area contributed by atoms with Crippen molar-refractivity contribution in [2.24, 2.45) is 5.92 Å². The van der Waals surface area contributed by atoms with E-state index >= 15 is 0 Å². The summed E-state index contributed by atoms with van der Waals surface area (Å²) < 4.78 is 0. The first-order chi connectivity index (χ1) is 21.6. The molecule has 2 aromatic heterocycles. The highest BCUT2D eigenvalue weighted by Gasteiger charge is 2.26. The predicted molar refractivity (Wildman–Crippen MR) is 200 cm³/mol. The highest BCUT2D eigenvalue weighted by molar-refractivity contribution is 7.99. The standard InChI is InChI=1S/C40H53NS3/c1-5-9-12-14-17-31-23-37(42-28-31)33-19-21-35-39(25-33)44-40-26-34(38-24-32(29-43-38)18-15-13-10-6-2)20-22-36(40)41(35)27-30(8-4)16-11-7-3/h19-26,28-30H,5-18,27H2,1-4H3. The number of aryl methyl sites for hydroxylation is 2. The average Bonchev–Trinajstić information content (AvgIpc) is 3.73. The lowest BCUT2D eigenvalue weighted by atomic mass is 9.97. The highest BCUT2D eigenvalue weighted by Crippen LogP contribution is 2.51. The van der Waals surface area contributed by atoms with E-state index in [1.165, 1.54) is 143 Å². The van der Waals surface area contributed by atoms with Gasteiger partial charge in [0.1, 0.15) is 0 Å². The van der Waals surface area contributed by atoms with Crippen LogP contribution in [0.4, 0.5) is 11.4 Å². The van der Waals surface area contributed by atoms with Crippen LogP contribution in [0.5, 0.6) is 0 Å². The predicted octanol–water partition coefficient (Wildman–Crippen LogP) is 14.2. The quantitative estimate of drug-likeness (QED) is 0.0993. The molecule has 1 aliphatic rings. The third-order valence-corrected chi connectivity index (χ3v) is 12.4. The lowest BCUT2D eigenvalue weighted by Gasteiger charge is -2.35. The molecule has 236 valence electrons. The van der Waals surface area contributed by atoms with Crippen molar-refractivity contribution in [3.8, 4) is 20.9 Å². The van der Waals surface area contributed by atoms with Crippen molar-refractivity contribution >= 4 is 45.8 Å². The maximum Gasteiger partial charge on any atom is 0.0553 e. The maximum absolute atomic E-state index is 2.65. The summed E-state index contributed by atoms with van der Waals surface area (Å²) in [6.45, 7) is 10.4. The Morgan fingerprint density at radius 3 is 1.59 bits per heavy atom. The summed E-state index contributed by atoms with van der Waals surface area (Å²) in [5, 5.41) is 4.78. The Morgan fingerprint density at radius 1 is 0.591 bits per heavy atom. The van der Waals surface area contributed by atoms with Crippen LogP contribution >= 0.6 is 34.4 Å². The first kappa shape index (κ1) is 33.4. The number of fused-ring (bicyclic) bond motifs is 2. The van der Waals surface area contributed by atoms with Gasteiger partial charge in [-0.05, 0) is 107 Å². The molecule has 1 aliphatic heterocycles. The van der Waals surface area contributed by atoms with Gasteiger partial charge in [0.2, 0.25) is 0 Å². The second-order valence-electron chi connectivity index (χ2n) is 12.8. The number of unbranched alkanes of at least 4 members (excludes halogenated alkanes) is 7. The zero-order valence-electron chi connectivity index (χ0n) is 27.6. The average molecular weight is 644 g/mol. The van der Waals surface area contributed by atoms with Crippen LogP contribution in [-0.4, -0.2) is 6.54 Å². The number of hydrogen-bond acceptors (Lipinski definition) is 4. The number of hydrogen-bond donors (Lipinski definition) is 0. The van der Waals surface area contributed by atoms with E-state index in [9.17, 15) is 0 Å². The van der Waals surface area contributed by atoms with Crippen molar-refractivity contribution in [2.75, 3.05) is 11.4 Å². The molecule has 2 aromatic carbocycles. The zero-order valence-corrected chi connectivity index (χ0v) is 30.1. The van der Waals surface area contributed by atoms with Crippen LogP contribution in [-0.2, 0) is 12.8 Å². The van der Waals surface area contributed by atoms with Gasteiger partial charge in [-0.2, -0.15) is 0 Å². The van der Waals surface area contributed by atoms with Gasteiger partial charge in [-0.25, -0.2) is 0 Å². The van der Waals surface area contributed by atoms with E-state index in [4.69, 9.17) is 0 Å². The topological polar surface area (TPSA) is 3.24 Å². The van der Waals surface area contributed by atoms with Gasteiger partial charge in [0.05, 0.1) is 11.4 Å². The molecule has 0 aliphatic carbocycles. The van der Waals surface area contributed by atoms with Crippen LogP contribution in [0.25, 0.3) is 20.9 Å². The number of rotatable bonds is 18. The molecule has 44 heavy (non-hydrogen) atoms. The Hall–Kier alpha value is -2.01. The Bertz CT molecular complexity index is 1350. The SMILES string of the molecule is CCCCCCc1csc(-c2ccc3c(c2)Sc2cc(-c4cc(CCCCCC)cs4)ccc2N3CC(CC)CCCC)c1. The molecule has 0 N–H and O–H groups in total. The molecule has 1 nitrogen and oxygen atoms in total. The lowest BCUT2D eigenvalue weighted by Crippen LogP contribution is -2.27. The summed E-state index contributed by atoms with van der Waals surface area (Å²) in [7, 11) is 0. The number of nitrogens with zero attached hydrogens (tertiary/aromatic N) is 1. The molecule has 4 aromatic rings. The molecule has 0 spiro atoms. The van der Waals surface area contributed by atoms with Crippen LogP contribution in [0, 0.1) is 5.92 Å². The van der Waals surface area contributed by atoms with Gasteiger partial charge >= 0.3 is 0 Å². The summed E-state index contributed by atoms with van der Waals surface area (Å²) in [4.78, 5) is 8.27. The monoisotopic (exact) mass is 643 g/mol. The molecule has 0 radical (unpaired) electrons. The molecular formula is C40H53NS3. The Labute approximate surface area is 280 Å². The molecule has 5 rings (SSSR count). The van der Waals surface area contributed by atoms with E-state index in [0.717, 1.165) is 6.54 Å². The lowest BCUT2D eigenvalue weighted by molar-refractivity contribution is 0.457. The van der Waals surface area contributed by atoms with Gasteiger partial charge in [-0.15, -0.1) is 22.7 Å². The summed E-state index contributed by atoms with van der Waals surface area (Å²) in [5.74, 6) is 0.707. The van der Waals surface area contributed by atoms with E-state index in [0.29, 0.717) is 5.92 Å². The summed E-state index contributed by atoms with van der Waals surface area (Å²) >= 11 is 5.81. The third-order valence-electron chi connectivity index (χ3n) is 9.22. The first-order valence-electron chi connectivity index (χ1n) is 17.5. The minimum atomic E-state index is 0.707. The van der Waals surface area contributed by atoms with Crippen molar-refractivity contribution in [3.63, 3.8) is 0 Å². The van der Waals surface area contributed by atoms with Crippen molar-refractivity contribution in [2.45, 2.75) is 127 Å². The molecule has 3 heterocycles. The van der Waals surface area contributed by atoms with Crippen molar-refractivity contribution in [3.05, 3.63) is 70.4 Å². The van der Waals surface area contributed by atoms with Gasteiger partial charge in [-0.1, -0.05) is 109 Å². The fourth-order valence-electron chi connectivity index (χ4n) is 6.39. The van der Waals surface area contributed by atoms with E-state index in [-0.39, 0.29) is 0 Å². The van der Waals surface area contributed by atoms with Gasteiger partial charge in [-0.3, -0.25) is 0 Å². The van der Waals surface area contributed by atoms with Crippen molar-refractivity contribution < 1.29 is 0 Å². The van der Waals surface area contributed by atoms with Gasteiger partial charge in [0.25, 0.3) is 0 Å². The van der Waals surface area contributed by atoms with Crippen molar-refractivity contribution in [1.29, 1.82) is 0 Å². The number of thiophene rings is 2. The molecule has 0 bridgehead atoms. The number of anilines is 2. The van der Waals surface area contributed by atoms with Crippen molar-refractivity contribution in [1.82, 2.24) is 0 Å². The van der Waals surface area contributed by atoms with E-state index in [1.807, 2.05) is 34.4 Å². The molecule has 1 unspecified atom stereocenters. The first-order valence-corrected chi connectivity index (χ1v) is 20.1. The fourth-order valence-corrected chi connectivity index (χ4v) is 9.46. The van der Waals surface area contributed by atoms with E-state index in [1.54, 1.807) is 0 Å². The fraction of sp³-hybridized carbons (Fsp3) is 0.500. The van der Waals surface area contributed by atoms with Crippen LogP contribution in [0.15, 0.2) is 69.1 Å². The van der Waals surface area contributed by atoms with E-state index < -0.39 is 0 Å². The summed E-state index contributed by atoms with van der Waals surface area (Å²) in [5.41, 5.74) is 8.51. The van der Waals surface area contributed by atoms with E-state index in [2.05, 4.69) is 91.9 Å². The molecular weight excluding hydrogens is 591 g/mol. The zero-order chi connectivity index (χ0) is 30.7. The number of benzene rings is 2. The maximum atomic E-state index is 2.65. The van der Waals surface area contributed by atoms with Crippen LogP contribution in [0.1, 0.15) is 116 Å². The molecule has 1 atom stereocenters. The molecule has 0 saturated heterocycles. The van der Waals surface area contributed by atoms with Crippen LogP contribution in [0.3, 0.4) is 0 Å². The molecule has 0 saturated carbocycles. The van der Waals surface area contributed by atoms with Crippen LogP contribution in [0.2, 0.25) is 0 Å². The second-order valence-corrected chi connectivity index (χ2v) is 15.7. The molecule has 0 amide bonds. The minimum absolute atomic E-state index is 0.707. The Balaban J connectivity index is 1.41. The minimum Gasteiger partial charge on any atom is -0.339 e. The van der Waals surface area contributed by atoms with Gasteiger partial charge in [0, 0.05) is 26.1 Å². The summed E-state index contributed by atoms with van der Waals surface area (Å²) in [6, 6.07) is 19.4. The highest BCUT2D eigenvalue weighted by atomic mass is 32.2. The van der Waals surface area contributed by atoms with Gasteiger partial charge < -0.3 is 4.90 Å². The third kappa shape index (κ3) is 8.62. The normalized spacial score (nSPS) is 13.2. The summed E-state index contributed by atoms with van der Waals surface area (Å²) in [6.07, 6.45) is 18.1. The van der Waals surface area contributed by atoms with Crippen LogP contribution < -0.4 is 4.90 Å². The van der Waals surface area contributed by atoms with Gasteiger partial charge in [0.15, 0.2) is 0 Å². The largest absolute Gasteiger partial charge is 0.339 e. The Kier molecular flexibility index (Phi) is 12.9. The molecule has 4 heteroatoms.